The number of aliphatic hydroxyl groups excluding tert-OH is 1. The standard InChI is InChI=1S/C14H14N2O2S2/c1-18-13-6-5-11(4-2-3-7-17)12(8-13)9-19-14-15-10-16-20-14/h5-6,8,10,17H,3,7,9H2,1H3. The number of hydrogen-bond acceptors (Lipinski definition) is 6. The Hall–Kier alpha value is -1.55. The molecule has 0 aliphatic heterocycles. The van der Waals surface area contributed by atoms with E-state index in [1.54, 1.807) is 25.2 Å². The van der Waals surface area contributed by atoms with E-state index in [2.05, 4.69) is 21.2 Å². The summed E-state index contributed by atoms with van der Waals surface area (Å²) in [6, 6.07) is 5.82. The second-order valence-electron chi connectivity index (χ2n) is 3.79. The van der Waals surface area contributed by atoms with Crippen molar-refractivity contribution in [2.75, 3.05) is 13.7 Å². The summed E-state index contributed by atoms with van der Waals surface area (Å²) in [4.78, 5) is 4.15. The highest BCUT2D eigenvalue weighted by Crippen LogP contribution is 2.27. The van der Waals surface area contributed by atoms with Crippen molar-refractivity contribution in [1.29, 1.82) is 0 Å². The van der Waals surface area contributed by atoms with Gasteiger partial charge in [-0.1, -0.05) is 23.6 Å². The van der Waals surface area contributed by atoms with Gasteiger partial charge in [-0.3, -0.25) is 0 Å². The first-order valence-electron chi connectivity index (χ1n) is 5.99. The maximum atomic E-state index is 8.78. The summed E-state index contributed by atoms with van der Waals surface area (Å²) in [5, 5.41) is 8.78. The molecule has 0 aliphatic rings. The van der Waals surface area contributed by atoms with Gasteiger partial charge < -0.3 is 9.84 Å². The van der Waals surface area contributed by atoms with E-state index >= 15 is 0 Å². The Labute approximate surface area is 126 Å². The Balaban J connectivity index is 2.16. The molecule has 0 saturated carbocycles. The third-order valence-electron chi connectivity index (χ3n) is 2.46. The van der Waals surface area contributed by atoms with Gasteiger partial charge in [0.05, 0.1) is 13.7 Å². The van der Waals surface area contributed by atoms with Gasteiger partial charge in [0.2, 0.25) is 0 Å². The Morgan fingerprint density at radius 3 is 3.05 bits per heavy atom. The zero-order valence-electron chi connectivity index (χ0n) is 11.0. The van der Waals surface area contributed by atoms with Crippen molar-refractivity contribution in [3.8, 4) is 17.6 Å². The number of ether oxygens (including phenoxy) is 1. The van der Waals surface area contributed by atoms with Gasteiger partial charge in [0.15, 0.2) is 4.34 Å². The van der Waals surface area contributed by atoms with E-state index in [0.29, 0.717) is 6.42 Å². The summed E-state index contributed by atoms with van der Waals surface area (Å²) >= 11 is 3.01. The molecule has 0 spiro atoms. The molecule has 2 rings (SSSR count). The van der Waals surface area contributed by atoms with Gasteiger partial charge in [0, 0.05) is 17.7 Å². The van der Waals surface area contributed by atoms with Crippen molar-refractivity contribution in [2.45, 2.75) is 16.5 Å². The average molecular weight is 306 g/mol. The van der Waals surface area contributed by atoms with E-state index in [0.717, 1.165) is 27.0 Å². The number of hydrogen-bond donors (Lipinski definition) is 1. The van der Waals surface area contributed by atoms with Crippen LogP contribution in [-0.4, -0.2) is 28.2 Å². The Bertz CT molecular complexity index is 603. The Morgan fingerprint density at radius 1 is 1.45 bits per heavy atom. The number of nitrogens with zero attached hydrogens (tertiary/aromatic N) is 2. The van der Waals surface area contributed by atoms with Crippen molar-refractivity contribution >= 4 is 23.3 Å². The minimum Gasteiger partial charge on any atom is -0.497 e. The normalized spacial score (nSPS) is 9.90. The molecule has 0 atom stereocenters. The number of aromatic nitrogens is 2. The summed E-state index contributed by atoms with van der Waals surface area (Å²) in [7, 11) is 1.65. The summed E-state index contributed by atoms with van der Waals surface area (Å²) in [5.41, 5.74) is 2.05. The molecule has 0 fully saturated rings. The van der Waals surface area contributed by atoms with Gasteiger partial charge in [0.25, 0.3) is 0 Å². The fraction of sp³-hybridized carbons (Fsp3) is 0.286. The predicted molar refractivity (Wildman–Crippen MR) is 81.0 cm³/mol. The van der Waals surface area contributed by atoms with Crippen LogP contribution in [-0.2, 0) is 5.75 Å². The largest absolute Gasteiger partial charge is 0.497 e. The maximum absolute atomic E-state index is 8.78. The number of benzene rings is 1. The molecule has 1 aromatic heterocycles. The lowest BCUT2D eigenvalue weighted by Gasteiger charge is -2.06. The highest BCUT2D eigenvalue weighted by atomic mass is 32.2. The molecule has 104 valence electrons. The zero-order valence-corrected chi connectivity index (χ0v) is 12.6. The first-order chi connectivity index (χ1) is 9.83. The van der Waals surface area contributed by atoms with Crippen LogP contribution in [0.2, 0.25) is 0 Å². The van der Waals surface area contributed by atoms with Gasteiger partial charge in [-0.25, -0.2) is 4.98 Å². The lowest BCUT2D eigenvalue weighted by molar-refractivity contribution is 0.305. The SMILES string of the molecule is COc1ccc(C#CCCO)c(CSc2ncns2)c1. The van der Waals surface area contributed by atoms with Crippen LogP contribution in [0.1, 0.15) is 17.5 Å². The lowest BCUT2D eigenvalue weighted by atomic mass is 10.1. The molecule has 0 radical (unpaired) electrons. The van der Waals surface area contributed by atoms with Crippen molar-refractivity contribution in [2.24, 2.45) is 0 Å². The minimum atomic E-state index is 0.0814. The first kappa shape index (κ1) is 14.9. The molecule has 1 N–H and O–H groups in total. The number of aliphatic hydroxyl groups is 1. The molecule has 6 heteroatoms. The summed E-state index contributed by atoms with van der Waals surface area (Å²) in [6.45, 7) is 0.0814. The molecule has 0 unspecified atom stereocenters. The van der Waals surface area contributed by atoms with E-state index < -0.39 is 0 Å². The van der Waals surface area contributed by atoms with Gasteiger partial charge in [0.1, 0.15) is 12.1 Å². The van der Waals surface area contributed by atoms with Crippen LogP contribution in [0.15, 0.2) is 28.9 Å². The van der Waals surface area contributed by atoms with Crippen LogP contribution < -0.4 is 4.74 Å². The smallest absolute Gasteiger partial charge is 0.170 e. The maximum Gasteiger partial charge on any atom is 0.170 e. The fourth-order valence-electron chi connectivity index (χ4n) is 1.52. The molecule has 1 heterocycles. The molecule has 20 heavy (non-hydrogen) atoms. The number of rotatable bonds is 5. The quantitative estimate of drug-likeness (QED) is 0.679. The molecule has 2 aromatic rings. The molecule has 0 saturated heterocycles. The molecule has 0 bridgehead atoms. The van der Waals surface area contributed by atoms with Gasteiger partial charge in [-0.15, -0.1) is 0 Å². The third kappa shape index (κ3) is 4.23. The zero-order chi connectivity index (χ0) is 14.2. The van der Waals surface area contributed by atoms with Crippen molar-refractivity contribution < 1.29 is 9.84 Å². The second kappa shape index (κ2) is 7.90. The second-order valence-corrected chi connectivity index (χ2v) is 5.80. The monoisotopic (exact) mass is 306 g/mol. The van der Waals surface area contributed by atoms with Crippen LogP contribution in [0.3, 0.4) is 0 Å². The highest BCUT2D eigenvalue weighted by molar-refractivity contribution is 8.00. The molecular weight excluding hydrogens is 292 g/mol. The highest BCUT2D eigenvalue weighted by Gasteiger charge is 2.05. The van der Waals surface area contributed by atoms with Gasteiger partial charge in [-0.2, -0.15) is 4.37 Å². The Kier molecular flexibility index (Phi) is 5.87. The summed E-state index contributed by atoms with van der Waals surface area (Å²) in [6.07, 6.45) is 2.04. The topological polar surface area (TPSA) is 55.2 Å². The van der Waals surface area contributed by atoms with Crippen LogP contribution in [0.5, 0.6) is 5.75 Å². The van der Waals surface area contributed by atoms with E-state index in [-0.39, 0.29) is 6.61 Å². The van der Waals surface area contributed by atoms with Crippen LogP contribution in [0, 0.1) is 11.8 Å². The summed E-state index contributed by atoms with van der Waals surface area (Å²) in [5.74, 6) is 7.60. The lowest BCUT2D eigenvalue weighted by Crippen LogP contribution is -1.91. The van der Waals surface area contributed by atoms with E-state index in [1.807, 2.05) is 18.2 Å². The molecule has 0 amide bonds. The van der Waals surface area contributed by atoms with E-state index in [1.165, 1.54) is 11.5 Å². The molecular formula is C14H14N2O2S2. The van der Waals surface area contributed by atoms with E-state index in [9.17, 15) is 0 Å². The van der Waals surface area contributed by atoms with Crippen LogP contribution in [0.4, 0.5) is 0 Å². The predicted octanol–water partition coefficient (Wildman–Crippen LogP) is 2.57. The summed E-state index contributed by atoms with van der Waals surface area (Å²) < 4.78 is 10.2. The van der Waals surface area contributed by atoms with Crippen LogP contribution in [0.25, 0.3) is 0 Å². The minimum absolute atomic E-state index is 0.0814. The first-order valence-corrected chi connectivity index (χ1v) is 7.75. The molecule has 4 nitrogen and oxygen atoms in total. The fourth-order valence-corrected chi connectivity index (χ4v) is 2.95. The van der Waals surface area contributed by atoms with E-state index in [4.69, 9.17) is 9.84 Å². The van der Waals surface area contributed by atoms with Crippen molar-refractivity contribution in [3.63, 3.8) is 0 Å². The van der Waals surface area contributed by atoms with Gasteiger partial charge in [-0.05, 0) is 35.3 Å². The third-order valence-corrected chi connectivity index (χ3v) is 4.31. The van der Waals surface area contributed by atoms with Crippen molar-refractivity contribution in [1.82, 2.24) is 9.36 Å². The number of thioether (sulfide) groups is 1. The van der Waals surface area contributed by atoms with Crippen molar-refractivity contribution in [3.05, 3.63) is 35.7 Å². The Morgan fingerprint density at radius 2 is 2.35 bits per heavy atom. The van der Waals surface area contributed by atoms with Gasteiger partial charge >= 0.3 is 0 Å². The molecule has 0 aliphatic carbocycles. The molecule has 1 aromatic carbocycles. The average Bonchev–Trinajstić information content (AvgIpc) is 2.99. The number of methoxy groups -OCH3 is 1. The van der Waals surface area contributed by atoms with Crippen LogP contribution >= 0.6 is 23.3 Å².